The van der Waals surface area contributed by atoms with Gasteiger partial charge in [-0.3, -0.25) is 4.79 Å². The number of fused-ring (bicyclic) bond motifs is 1. The lowest BCUT2D eigenvalue weighted by Gasteiger charge is -2.14. The summed E-state index contributed by atoms with van der Waals surface area (Å²) in [4.78, 5) is 12.1. The van der Waals surface area contributed by atoms with Crippen molar-refractivity contribution in [3.05, 3.63) is 56.5 Å². The lowest BCUT2D eigenvalue weighted by molar-refractivity contribution is -0.116. The third-order valence-corrected chi connectivity index (χ3v) is 4.13. The average Bonchev–Trinajstić information content (AvgIpc) is 2.70. The summed E-state index contributed by atoms with van der Waals surface area (Å²) in [6, 6.07) is 10.3. The zero-order valence-corrected chi connectivity index (χ0v) is 13.2. The molecule has 6 heteroatoms. The summed E-state index contributed by atoms with van der Waals surface area (Å²) in [6.07, 6.45) is 0. The predicted octanol–water partition coefficient (Wildman–Crippen LogP) is 4.86. The Morgan fingerprint density at radius 2 is 1.95 bits per heavy atom. The van der Waals surface area contributed by atoms with E-state index in [0.717, 1.165) is 15.7 Å². The maximum Gasteiger partial charge on any atom is 0.251 e. The maximum absolute atomic E-state index is 12.1. The zero-order valence-electron chi connectivity index (χ0n) is 10.1. The molecule has 3 rings (SSSR count). The molecule has 2 N–H and O–H groups in total. The van der Waals surface area contributed by atoms with Crippen LogP contribution in [0.1, 0.15) is 11.6 Å². The van der Waals surface area contributed by atoms with Crippen LogP contribution in [0.4, 0.5) is 11.4 Å². The number of amides is 1. The Bertz CT molecular complexity index is 706. The zero-order chi connectivity index (χ0) is 14.3. The Kier molecular flexibility index (Phi) is 3.63. The normalized spacial score (nSPS) is 16.8. The smallest absolute Gasteiger partial charge is 0.251 e. The van der Waals surface area contributed by atoms with Crippen molar-refractivity contribution < 1.29 is 4.79 Å². The standard InChI is InChI=1S/C14H9BrCl2N2O/c15-7-1-4-11-9(5-7)13(14(20)19-11)18-12-6-8(16)2-3-10(12)17/h1-6,13,18H,(H,19,20). The fourth-order valence-electron chi connectivity index (χ4n) is 2.14. The van der Waals surface area contributed by atoms with Crippen LogP contribution in [0.2, 0.25) is 10.0 Å². The van der Waals surface area contributed by atoms with Crippen molar-refractivity contribution in [2.75, 3.05) is 10.6 Å². The molecular weight excluding hydrogens is 363 g/mol. The van der Waals surface area contributed by atoms with Crippen LogP contribution in [0.15, 0.2) is 40.9 Å². The first kappa shape index (κ1) is 13.7. The summed E-state index contributed by atoms with van der Waals surface area (Å²) in [5, 5.41) is 7.04. The number of nitrogens with one attached hydrogen (secondary N) is 2. The SMILES string of the molecule is O=C1Nc2ccc(Br)cc2C1Nc1cc(Cl)ccc1Cl. The van der Waals surface area contributed by atoms with Gasteiger partial charge in [0.2, 0.25) is 0 Å². The summed E-state index contributed by atoms with van der Waals surface area (Å²) < 4.78 is 0.914. The summed E-state index contributed by atoms with van der Waals surface area (Å²) in [7, 11) is 0. The van der Waals surface area contributed by atoms with Gasteiger partial charge in [-0.05, 0) is 36.4 Å². The molecule has 0 aromatic heterocycles. The number of carbonyl (C=O) groups is 1. The maximum atomic E-state index is 12.1. The molecule has 0 bridgehead atoms. The van der Waals surface area contributed by atoms with Crippen molar-refractivity contribution >= 4 is 56.4 Å². The van der Waals surface area contributed by atoms with E-state index in [9.17, 15) is 4.79 Å². The molecule has 0 spiro atoms. The van der Waals surface area contributed by atoms with Crippen molar-refractivity contribution in [1.29, 1.82) is 0 Å². The van der Waals surface area contributed by atoms with Gasteiger partial charge in [-0.2, -0.15) is 0 Å². The molecule has 3 nitrogen and oxygen atoms in total. The van der Waals surface area contributed by atoms with E-state index < -0.39 is 6.04 Å². The summed E-state index contributed by atoms with van der Waals surface area (Å²) in [6.45, 7) is 0. The van der Waals surface area contributed by atoms with Crippen LogP contribution in [0, 0.1) is 0 Å². The molecule has 2 aromatic carbocycles. The number of anilines is 2. The first-order valence-electron chi connectivity index (χ1n) is 5.86. The van der Waals surface area contributed by atoms with Crippen molar-refractivity contribution in [1.82, 2.24) is 0 Å². The fraction of sp³-hybridized carbons (Fsp3) is 0.0714. The van der Waals surface area contributed by atoms with Crippen LogP contribution in [-0.4, -0.2) is 5.91 Å². The van der Waals surface area contributed by atoms with E-state index in [4.69, 9.17) is 23.2 Å². The Morgan fingerprint density at radius 3 is 2.75 bits per heavy atom. The van der Waals surface area contributed by atoms with Crippen LogP contribution < -0.4 is 10.6 Å². The third kappa shape index (κ3) is 2.51. The molecular formula is C14H9BrCl2N2O. The van der Waals surface area contributed by atoms with E-state index >= 15 is 0 Å². The van der Waals surface area contributed by atoms with E-state index in [1.165, 1.54) is 0 Å². The number of hydrogen-bond donors (Lipinski definition) is 2. The highest BCUT2D eigenvalue weighted by Crippen LogP contribution is 2.37. The van der Waals surface area contributed by atoms with Gasteiger partial charge < -0.3 is 10.6 Å². The topological polar surface area (TPSA) is 41.1 Å². The third-order valence-electron chi connectivity index (χ3n) is 3.07. The van der Waals surface area contributed by atoms with Crippen molar-refractivity contribution in [3.63, 3.8) is 0 Å². The van der Waals surface area contributed by atoms with Crippen LogP contribution in [0.5, 0.6) is 0 Å². The minimum Gasteiger partial charge on any atom is -0.369 e. The highest BCUT2D eigenvalue weighted by atomic mass is 79.9. The molecule has 1 aliphatic heterocycles. The Labute approximate surface area is 134 Å². The van der Waals surface area contributed by atoms with Gasteiger partial charge in [-0.15, -0.1) is 0 Å². The fourth-order valence-corrected chi connectivity index (χ4v) is 2.86. The average molecular weight is 372 g/mol. The van der Waals surface area contributed by atoms with Crippen LogP contribution in [0.25, 0.3) is 0 Å². The molecule has 1 heterocycles. The summed E-state index contributed by atoms with van der Waals surface area (Å²) >= 11 is 15.5. The molecule has 0 radical (unpaired) electrons. The van der Waals surface area contributed by atoms with Gasteiger partial charge >= 0.3 is 0 Å². The van der Waals surface area contributed by atoms with Gasteiger partial charge in [-0.1, -0.05) is 39.1 Å². The minimum atomic E-state index is -0.488. The Hall–Kier alpha value is -1.23. The predicted molar refractivity (Wildman–Crippen MR) is 85.6 cm³/mol. The molecule has 0 saturated heterocycles. The lowest BCUT2D eigenvalue weighted by atomic mass is 10.1. The summed E-state index contributed by atoms with van der Waals surface area (Å²) in [5.41, 5.74) is 2.31. The lowest BCUT2D eigenvalue weighted by Crippen LogP contribution is -2.19. The van der Waals surface area contributed by atoms with Crippen LogP contribution >= 0.6 is 39.1 Å². The first-order valence-corrected chi connectivity index (χ1v) is 7.41. The molecule has 1 unspecified atom stereocenters. The Balaban J connectivity index is 1.97. The molecule has 1 amide bonds. The van der Waals surface area contributed by atoms with Gasteiger partial charge in [0.25, 0.3) is 5.91 Å². The number of halogens is 3. The number of rotatable bonds is 2. The minimum absolute atomic E-state index is 0.117. The van der Waals surface area contributed by atoms with Gasteiger partial charge in [-0.25, -0.2) is 0 Å². The second-order valence-electron chi connectivity index (χ2n) is 4.42. The second-order valence-corrected chi connectivity index (χ2v) is 6.18. The van der Waals surface area contributed by atoms with Crippen LogP contribution in [-0.2, 0) is 4.79 Å². The van der Waals surface area contributed by atoms with E-state index in [0.29, 0.717) is 15.7 Å². The van der Waals surface area contributed by atoms with Crippen molar-refractivity contribution in [2.24, 2.45) is 0 Å². The molecule has 1 atom stereocenters. The number of benzene rings is 2. The number of hydrogen-bond acceptors (Lipinski definition) is 2. The molecule has 2 aromatic rings. The van der Waals surface area contributed by atoms with Crippen LogP contribution in [0.3, 0.4) is 0 Å². The van der Waals surface area contributed by atoms with Crippen molar-refractivity contribution in [2.45, 2.75) is 6.04 Å². The van der Waals surface area contributed by atoms with Gasteiger partial charge in [0.15, 0.2) is 0 Å². The van der Waals surface area contributed by atoms with E-state index in [1.807, 2.05) is 18.2 Å². The highest BCUT2D eigenvalue weighted by molar-refractivity contribution is 9.10. The highest BCUT2D eigenvalue weighted by Gasteiger charge is 2.30. The monoisotopic (exact) mass is 370 g/mol. The molecule has 0 fully saturated rings. The number of carbonyl (C=O) groups excluding carboxylic acids is 1. The first-order chi connectivity index (χ1) is 9.54. The van der Waals surface area contributed by atoms with Gasteiger partial charge in [0.1, 0.15) is 6.04 Å². The largest absolute Gasteiger partial charge is 0.369 e. The Morgan fingerprint density at radius 1 is 1.15 bits per heavy atom. The van der Waals surface area contributed by atoms with E-state index in [-0.39, 0.29) is 5.91 Å². The van der Waals surface area contributed by atoms with E-state index in [1.54, 1.807) is 18.2 Å². The van der Waals surface area contributed by atoms with Gasteiger partial charge in [0.05, 0.1) is 10.7 Å². The molecule has 0 saturated carbocycles. The molecule has 102 valence electrons. The van der Waals surface area contributed by atoms with E-state index in [2.05, 4.69) is 26.6 Å². The quantitative estimate of drug-likeness (QED) is 0.791. The molecule has 1 aliphatic rings. The second kappa shape index (κ2) is 5.28. The molecule has 0 aliphatic carbocycles. The van der Waals surface area contributed by atoms with Gasteiger partial charge in [0, 0.05) is 20.7 Å². The summed E-state index contributed by atoms with van der Waals surface area (Å²) in [5.74, 6) is -0.117. The molecule has 20 heavy (non-hydrogen) atoms. The van der Waals surface area contributed by atoms with Crippen molar-refractivity contribution in [3.8, 4) is 0 Å².